The minimum atomic E-state index is -1.16. The Bertz CT molecular complexity index is 1250. The third kappa shape index (κ3) is 4.39. The van der Waals surface area contributed by atoms with Gasteiger partial charge in [-0.05, 0) is 37.3 Å². The number of nitrogens with one attached hydrogen (secondary N) is 2. The van der Waals surface area contributed by atoms with Crippen molar-refractivity contribution in [2.24, 2.45) is 0 Å². The van der Waals surface area contributed by atoms with Gasteiger partial charge in [0.1, 0.15) is 6.54 Å². The molecular formula is C20H16N4O5. The second-order valence-electron chi connectivity index (χ2n) is 6.19. The maximum Gasteiger partial charge on any atom is 0.328 e. The molecule has 0 saturated heterocycles. The summed E-state index contributed by atoms with van der Waals surface area (Å²) in [5, 5.41) is 14.1. The number of hydrogen-bond donors (Lipinski definition) is 2. The fourth-order valence-corrected chi connectivity index (χ4v) is 2.69. The number of esters is 1. The average Bonchev–Trinajstić information content (AvgIpc) is 2.71. The lowest BCUT2D eigenvalue weighted by molar-refractivity contribution is -0.154. The molecule has 1 aromatic heterocycles. The number of carbonyl (C=O) groups is 2. The molecule has 0 aliphatic carbocycles. The van der Waals surface area contributed by atoms with Crippen LogP contribution in [0.2, 0.25) is 0 Å². The van der Waals surface area contributed by atoms with Crippen molar-refractivity contribution in [3.63, 3.8) is 0 Å². The van der Waals surface area contributed by atoms with Gasteiger partial charge in [-0.15, -0.1) is 0 Å². The number of amides is 1. The number of aromatic nitrogens is 2. The molecule has 29 heavy (non-hydrogen) atoms. The predicted molar refractivity (Wildman–Crippen MR) is 104 cm³/mol. The van der Waals surface area contributed by atoms with Crippen LogP contribution in [-0.4, -0.2) is 27.8 Å². The van der Waals surface area contributed by atoms with E-state index in [1.165, 1.54) is 25.1 Å². The fraction of sp³-hybridized carbons (Fsp3) is 0.150. The van der Waals surface area contributed by atoms with E-state index in [4.69, 9.17) is 10.00 Å². The zero-order valence-electron chi connectivity index (χ0n) is 15.3. The molecule has 9 heteroatoms. The van der Waals surface area contributed by atoms with Crippen LogP contribution < -0.4 is 16.4 Å². The lowest BCUT2D eigenvalue weighted by Crippen LogP contribution is -2.35. The van der Waals surface area contributed by atoms with Crippen LogP contribution in [0, 0.1) is 11.3 Å². The Morgan fingerprint density at radius 2 is 1.90 bits per heavy atom. The molecule has 0 spiro atoms. The van der Waals surface area contributed by atoms with Gasteiger partial charge in [0.05, 0.1) is 22.4 Å². The molecule has 0 bridgehead atoms. The second kappa shape index (κ2) is 8.22. The molecule has 1 amide bonds. The number of fused-ring (bicyclic) bond motifs is 1. The van der Waals surface area contributed by atoms with Crippen molar-refractivity contribution in [3.05, 3.63) is 74.8 Å². The molecule has 3 aromatic rings. The number of benzene rings is 2. The van der Waals surface area contributed by atoms with E-state index in [0.717, 1.165) is 4.68 Å². The topological polar surface area (TPSA) is 134 Å². The van der Waals surface area contributed by atoms with E-state index in [-0.39, 0.29) is 10.8 Å². The molecular weight excluding hydrogens is 376 g/mol. The number of rotatable bonds is 5. The standard InChI is InChI=1S/C20H16N4O5/c1-12(18(26)22-14-6-4-5-13(9-14)10-21)29-17(25)11-24-20(28)16-8-3-2-7-15(16)19(27)23-24/h2-9,12H,11H2,1H3,(H,22,26)(H,23,27)/t12-/m1/s1. The molecule has 1 atom stereocenters. The second-order valence-corrected chi connectivity index (χ2v) is 6.19. The molecule has 1 heterocycles. The molecule has 0 unspecified atom stereocenters. The van der Waals surface area contributed by atoms with Crippen LogP contribution in [0.5, 0.6) is 0 Å². The summed E-state index contributed by atoms with van der Waals surface area (Å²) in [6.07, 6.45) is -1.16. The van der Waals surface area contributed by atoms with Crippen LogP contribution in [0.4, 0.5) is 5.69 Å². The largest absolute Gasteiger partial charge is 0.451 e. The molecule has 0 aliphatic heterocycles. The van der Waals surface area contributed by atoms with Gasteiger partial charge in [0.15, 0.2) is 6.10 Å². The van der Waals surface area contributed by atoms with Crippen LogP contribution in [0.15, 0.2) is 58.1 Å². The highest BCUT2D eigenvalue weighted by molar-refractivity contribution is 5.95. The number of nitrogens with zero attached hydrogens (tertiary/aromatic N) is 2. The molecule has 0 radical (unpaired) electrons. The Morgan fingerprint density at radius 1 is 1.17 bits per heavy atom. The number of H-pyrrole nitrogens is 1. The van der Waals surface area contributed by atoms with E-state index in [1.807, 2.05) is 6.07 Å². The van der Waals surface area contributed by atoms with Gasteiger partial charge in [-0.2, -0.15) is 5.26 Å². The molecule has 146 valence electrons. The molecule has 2 aromatic carbocycles. The summed E-state index contributed by atoms with van der Waals surface area (Å²) < 4.78 is 5.90. The minimum Gasteiger partial charge on any atom is -0.451 e. The first-order chi connectivity index (χ1) is 13.9. The van der Waals surface area contributed by atoms with Gasteiger partial charge >= 0.3 is 5.97 Å². The molecule has 0 aliphatic rings. The zero-order chi connectivity index (χ0) is 21.0. The van der Waals surface area contributed by atoms with Gasteiger partial charge < -0.3 is 10.1 Å². The van der Waals surface area contributed by atoms with Crippen molar-refractivity contribution in [3.8, 4) is 6.07 Å². The van der Waals surface area contributed by atoms with Crippen molar-refractivity contribution in [2.45, 2.75) is 19.6 Å². The highest BCUT2D eigenvalue weighted by Gasteiger charge is 2.19. The third-order valence-electron chi connectivity index (χ3n) is 4.11. The third-order valence-corrected chi connectivity index (χ3v) is 4.11. The van der Waals surface area contributed by atoms with E-state index >= 15 is 0 Å². The summed E-state index contributed by atoms with van der Waals surface area (Å²) in [5.41, 5.74) is -0.321. The Balaban J connectivity index is 1.69. The number of hydrogen-bond acceptors (Lipinski definition) is 6. The summed E-state index contributed by atoms with van der Waals surface area (Å²) >= 11 is 0. The van der Waals surface area contributed by atoms with Crippen molar-refractivity contribution in [1.29, 1.82) is 5.26 Å². The fourth-order valence-electron chi connectivity index (χ4n) is 2.69. The Kier molecular flexibility index (Phi) is 5.55. The summed E-state index contributed by atoms with van der Waals surface area (Å²) in [6, 6.07) is 14.4. The first kappa shape index (κ1) is 19.6. The summed E-state index contributed by atoms with van der Waals surface area (Å²) in [4.78, 5) is 48.8. The van der Waals surface area contributed by atoms with E-state index in [2.05, 4.69) is 10.4 Å². The van der Waals surface area contributed by atoms with E-state index in [9.17, 15) is 19.2 Å². The first-order valence-corrected chi connectivity index (χ1v) is 8.61. The normalized spacial score (nSPS) is 11.4. The van der Waals surface area contributed by atoms with Gasteiger partial charge in [0.2, 0.25) is 0 Å². The number of ether oxygens (including phenoxy) is 1. The van der Waals surface area contributed by atoms with Crippen molar-refractivity contribution in [2.75, 3.05) is 5.32 Å². The number of aromatic amines is 1. The van der Waals surface area contributed by atoms with Gasteiger partial charge in [0, 0.05) is 5.69 Å². The van der Waals surface area contributed by atoms with E-state index in [0.29, 0.717) is 11.3 Å². The minimum absolute atomic E-state index is 0.173. The highest BCUT2D eigenvalue weighted by atomic mass is 16.5. The molecule has 9 nitrogen and oxygen atoms in total. The van der Waals surface area contributed by atoms with Crippen molar-refractivity contribution >= 4 is 28.3 Å². The van der Waals surface area contributed by atoms with Crippen LogP contribution in [0.3, 0.4) is 0 Å². The van der Waals surface area contributed by atoms with E-state index in [1.54, 1.807) is 30.3 Å². The van der Waals surface area contributed by atoms with Crippen LogP contribution >= 0.6 is 0 Å². The van der Waals surface area contributed by atoms with Crippen LogP contribution in [-0.2, 0) is 20.9 Å². The average molecular weight is 392 g/mol. The summed E-state index contributed by atoms with van der Waals surface area (Å²) in [7, 11) is 0. The number of carbonyl (C=O) groups excluding carboxylic acids is 2. The van der Waals surface area contributed by atoms with E-state index < -0.39 is 35.6 Å². The Hall–Kier alpha value is -4.19. The maximum absolute atomic E-state index is 12.4. The van der Waals surface area contributed by atoms with Crippen molar-refractivity contribution < 1.29 is 14.3 Å². The quantitative estimate of drug-likeness (QED) is 0.625. The molecule has 3 rings (SSSR count). The zero-order valence-corrected chi connectivity index (χ0v) is 15.3. The van der Waals surface area contributed by atoms with Crippen molar-refractivity contribution in [1.82, 2.24) is 9.78 Å². The van der Waals surface area contributed by atoms with Gasteiger partial charge in [0.25, 0.3) is 17.0 Å². The highest BCUT2D eigenvalue weighted by Crippen LogP contribution is 2.11. The molecule has 0 saturated carbocycles. The smallest absolute Gasteiger partial charge is 0.328 e. The SMILES string of the molecule is C[C@@H](OC(=O)Cn1[nH]c(=O)c2ccccc2c1=O)C(=O)Nc1cccc(C#N)c1. The summed E-state index contributed by atoms with van der Waals surface area (Å²) in [6.45, 7) is 0.813. The lowest BCUT2D eigenvalue weighted by Gasteiger charge is -2.14. The molecule has 0 fully saturated rings. The van der Waals surface area contributed by atoms with Crippen LogP contribution in [0.1, 0.15) is 12.5 Å². The van der Waals surface area contributed by atoms with Gasteiger partial charge in [-0.3, -0.25) is 24.3 Å². The van der Waals surface area contributed by atoms with Gasteiger partial charge in [-0.1, -0.05) is 18.2 Å². The molecule has 2 N–H and O–H groups in total. The number of nitriles is 1. The lowest BCUT2D eigenvalue weighted by atomic mass is 10.2. The maximum atomic E-state index is 12.4. The summed E-state index contributed by atoms with van der Waals surface area (Å²) in [5.74, 6) is -1.47. The number of anilines is 1. The van der Waals surface area contributed by atoms with Gasteiger partial charge in [-0.25, -0.2) is 4.68 Å². The monoisotopic (exact) mass is 392 g/mol. The Labute approximate surface area is 164 Å². The Morgan fingerprint density at radius 3 is 2.62 bits per heavy atom. The van der Waals surface area contributed by atoms with Crippen LogP contribution in [0.25, 0.3) is 10.8 Å². The predicted octanol–water partition coefficient (Wildman–Crippen LogP) is 1.13. The first-order valence-electron chi connectivity index (χ1n) is 8.61.